The molecular formula is C18H17ClN4O. The Bertz CT molecular complexity index is 831. The predicted octanol–water partition coefficient (Wildman–Crippen LogP) is 4.03. The van der Waals surface area contributed by atoms with Crippen molar-refractivity contribution in [3.63, 3.8) is 0 Å². The van der Waals surface area contributed by atoms with Gasteiger partial charge in [0.25, 0.3) is 6.01 Å². The van der Waals surface area contributed by atoms with Crippen LogP contribution in [0.2, 0.25) is 5.02 Å². The third kappa shape index (κ3) is 3.82. The summed E-state index contributed by atoms with van der Waals surface area (Å²) in [6, 6.07) is 7.78. The molecule has 1 aromatic heterocycles. The molecule has 24 heavy (non-hydrogen) atoms. The van der Waals surface area contributed by atoms with Gasteiger partial charge in [-0.1, -0.05) is 17.7 Å². The zero-order chi connectivity index (χ0) is 16.9. The van der Waals surface area contributed by atoms with Crippen molar-refractivity contribution >= 4 is 23.3 Å². The summed E-state index contributed by atoms with van der Waals surface area (Å²) in [4.78, 5) is 4.24. The SMILES string of the molecule is CNC/C=C1/C=C(Nc2ncc(-c3ccc(Cl)cc3)o2)C=CC1=N. The maximum atomic E-state index is 7.92. The number of anilines is 1. The van der Waals surface area contributed by atoms with E-state index in [2.05, 4.69) is 15.6 Å². The Kier molecular flexibility index (Phi) is 4.93. The number of rotatable bonds is 5. The van der Waals surface area contributed by atoms with E-state index in [-0.39, 0.29) is 0 Å². The van der Waals surface area contributed by atoms with E-state index in [4.69, 9.17) is 21.4 Å². The molecule has 0 fully saturated rings. The number of oxazole rings is 1. The Morgan fingerprint density at radius 2 is 2.04 bits per heavy atom. The van der Waals surface area contributed by atoms with Gasteiger partial charge in [-0.15, -0.1) is 0 Å². The van der Waals surface area contributed by atoms with E-state index in [1.54, 1.807) is 12.3 Å². The molecule has 1 aliphatic carbocycles. The second-order valence-electron chi connectivity index (χ2n) is 5.23. The molecule has 0 atom stereocenters. The molecule has 1 aliphatic rings. The van der Waals surface area contributed by atoms with Crippen molar-refractivity contribution in [1.82, 2.24) is 10.3 Å². The normalized spacial score (nSPS) is 15.7. The molecule has 3 rings (SSSR count). The number of nitrogens with one attached hydrogen (secondary N) is 3. The number of allylic oxidation sites excluding steroid dienone is 4. The second kappa shape index (κ2) is 7.29. The number of benzene rings is 1. The van der Waals surface area contributed by atoms with Gasteiger partial charge in [-0.2, -0.15) is 0 Å². The van der Waals surface area contributed by atoms with Crippen LogP contribution in [0.15, 0.2) is 70.5 Å². The van der Waals surface area contributed by atoms with Crippen LogP contribution in [0.1, 0.15) is 0 Å². The number of hydrogen-bond acceptors (Lipinski definition) is 5. The van der Waals surface area contributed by atoms with Gasteiger partial charge in [-0.05, 0) is 55.1 Å². The molecule has 2 aromatic rings. The van der Waals surface area contributed by atoms with Crippen molar-refractivity contribution in [3.8, 4) is 11.3 Å². The highest BCUT2D eigenvalue weighted by Crippen LogP contribution is 2.25. The summed E-state index contributed by atoms with van der Waals surface area (Å²) in [5, 5.41) is 14.8. The van der Waals surface area contributed by atoms with E-state index in [0.717, 1.165) is 16.8 Å². The molecule has 0 saturated heterocycles. The smallest absolute Gasteiger partial charge is 0.299 e. The van der Waals surface area contributed by atoms with E-state index in [9.17, 15) is 0 Å². The standard InChI is InChI=1S/C18H17ClN4O/c1-21-9-8-13-10-15(6-7-16(13)20)23-18-22-11-17(24-18)12-2-4-14(19)5-3-12/h2-8,10-11,20-21H,9H2,1H3,(H,22,23)/b13-8-,20-16?. The molecule has 0 radical (unpaired) electrons. The van der Waals surface area contributed by atoms with Gasteiger partial charge in [0.05, 0.1) is 11.9 Å². The molecule has 0 saturated carbocycles. The molecule has 0 unspecified atom stereocenters. The fourth-order valence-electron chi connectivity index (χ4n) is 2.22. The van der Waals surface area contributed by atoms with Gasteiger partial charge in [0.2, 0.25) is 0 Å². The highest BCUT2D eigenvalue weighted by molar-refractivity contribution is 6.30. The van der Waals surface area contributed by atoms with Crippen LogP contribution in [0.3, 0.4) is 0 Å². The van der Waals surface area contributed by atoms with Crippen molar-refractivity contribution in [2.75, 3.05) is 18.9 Å². The lowest BCUT2D eigenvalue weighted by Crippen LogP contribution is -2.10. The maximum absolute atomic E-state index is 7.92. The summed E-state index contributed by atoms with van der Waals surface area (Å²) in [5.41, 5.74) is 3.05. The first-order chi connectivity index (χ1) is 11.7. The van der Waals surface area contributed by atoms with E-state index in [1.165, 1.54) is 0 Å². The monoisotopic (exact) mass is 340 g/mol. The molecule has 6 heteroatoms. The van der Waals surface area contributed by atoms with Crippen LogP contribution >= 0.6 is 11.6 Å². The Morgan fingerprint density at radius 1 is 1.25 bits per heavy atom. The van der Waals surface area contributed by atoms with Crippen LogP contribution in [0.5, 0.6) is 0 Å². The molecule has 122 valence electrons. The van der Waals surface area contributed by atoms with Gasteiger partial charge in [-0.3, -0.25) is 0 Å². The lowest BCUT2D eigenvalue weighted by atomic mass is 10.0. The Hall–Kier alpha value is -2.63. The third-order valence-corrected chi connectivity index (χ3v) is 3.72. The summed E-state index contributed by atoms with van der Waals surface area (Å²) in [7, 11) is 1.87. The third-order valence-electron chi connectivity index (χ3n) is 3.46. The second-order valence-corrected chi connectivity index (χ2v) is 5.66. The van der Waals surface area contributed by atoms with Crippen molar-refractivity contribution in [1.29, 1.82) is 5.41 Å². The van der Waals surface area contributed by atoms with Crippen molar-refractivity contribution in [2.45, 2.75) is 0 Å². The van der Waals surface area contributed by atoms with Crippen molar-refractivity contribution in [2.24, 2.45) is 0 Å². The van der Waals surface area contributed by atoms with Gasteiger partial charge in [0.15, 0.2) is 5.76 Å². The lowest BCUT2D eigenvalue weighted by Gasteiger charge is -2.11. The minimum atomic E-state index is 0.400. The van der Waals surface area contributed by atoms with Crippen LogP contribution < -0.4 is 10.6 Å². The number of aromatic nitrogens is 1. The Balaban J connectivity index is 1.76. The minimum absolute atomic E-state index is 0.400. The molecule has 0 spiro atoms. The molecule has 3 N–H and O–H groups in total. The first-order valence-corrected chi connectivity index (χ1v) is 7.86. The van der Waals surface area contributed by atoms with Crippen LogP contribution in [0, 0.1) is 5.41 Å². The largest absolute Gasteiger partial charge is 0.423 e. The summed E-state index contributed by atoms with van der Waals surface area (Å²) in [6.45, 7) is 0.703. The number of halogens is 1. The Labute approximate surface area is 145 Å². The topological polar surface area (TPSA) is 73.9 Å². The molecule has 1 aromatic carbocycles. The molecule has 5 nitrogen and oxygen atoms in total. The fraction of sp³-hybridized carbons (Fsp3) is 0.111. The van der Waals surface area contributed by atoms with E-state index in [0.29, 0.717) is 29.1 Å². The number of likely N-dealkylation sites (N-methyl/N-ethyl adjacent to an activating group) is 1. The summed E-state index contributed by atoms with van der Waals surface area (Å²) < 4.78 is 5.73. The average Bonchev–Trinajstić information content (AvgIpc) is 3.04. The number of nitrogens with zero attached hydrogens (tertiary/aromatic N) is 1. The van der Waals surface area contributed by atoms with Gasteiger partial charge in [-0.25, -0.2) is 4.98 Å². The van der Waals surface area contributed by atoms with Gasteiger partial charge in [0, 0.05) is 22.8 Å². The van der Waals surface area contributed by atoms with Crippen LogP contribution in [-0.2, 0) is 0 Å². The van der Waals surface area contributed by atoms with Crippen molar-refractivity contribution < 1.29 is 4.42 Å². The molecular weight excluding hydrogens is 324 g/mol. The molecule has 0 bridgehead atoms. The minimum Gasteiger partial charge on any atom is -0.423 e. The zero-order valence-electron chi connectivity index (χ0n) is 13.1. The van der Waals surface area contributed by atoms with E-state index in [1.807, 2.05) is 49.5 Å². The fourth-order valence-corrected chi connectivity index (χ4v) is 2.35. The highest BCUT2D eigenvalue weighted by Gasteiger charge is 2.10. The van der Waals surface area contributed by atoms with Crippen LogP contribution in [-0.4, -0.2) is 24.3 Å². The summed E-state index contributed by atoms with van der Waals surface area (Å²) >= 11 is 5.89. The Morgan fingerprint density at radius 3 is 2.79 bits per heavy atom. The maximum Gasteiger partial charge on any atom is 0.299 e. The highest BCUT2D eigenvalue weighted by atomic mass is 35.5. The summed E-state index contributed by atoms with van der Waals surface area (Å²) in [6.07, 6.45) is 9.09. The molecule has 0 aliphatic heterocycles. The molecule has 1 heterocycles. The van der Waals surface area contributed by atoms with E-state index >= 15 is 0 Å². The van der Waals surface area contributed by atoms with Crippen molar-refractivity contribution in [3.05, 3.63) is 71.1 Å². The summed E-state index contributed by atoms with van der Waals surface area (Å²) in [5.74, 6) is 0.660. The van der Waals surface area contributed by atoms with Gasteiger partial charge >= 0.3 is 0 Å². The predicted molar refractivity (Wildman–Crippen MR) is 97.5 cm³/mol. The van der Waals surface area contributed by atoms with E-state index < -0.39 is 0 Å². The average molecular weight is 341 g/mol. The van der Waals surface area contributed by atoms with Crippen LogP contribution in [0.25, 0.3) is 11.3 Å². The molecule has 0 amide bonds. The van der Waals surface area contributed by atoms with Gasteiger partial charge < -0.3 is 20.5 Å². The first-order valence-electron chi connectivity index (χ1n) is 7.48. The number of hydrogen-bond donors (Lipinski definition) is 3. The zero-order valence-corrected chi connectivity index (χ0v) is 13.9. The first kappa shape index (κ1) is 16.2. The lowest BCUT2D eigenvalue weighted by molar-refractivity contribution is 0.590. The van der Waals surface area contributed by atoms with Gasteiger partial charge in [0.1, 0.15) is 0 Å². The van der Waals surface area contributed by atoms with Crippen LogP contribution in [0.4, 0.5) is 6.01 Å². The quantitative estimate of drug-likeness (QED) is 0.768.